The molecule has 4 rings (SSSR count). The van der Waals surface area contributed by atoms with Gasteiger partial charge in [0.15, 0.2) is 0 Å². The Bertz CT molecular complexity index is 601. The molecule has 1 aromatic rings. The number of nitrogens with two attached hydrogens (primary N) is 1. The number of benzene rings is 1. The van der Waals surface area contributed by atoms with Crippen LogP contribution in [-0.4, -0.2) is 17.8 Å². The van der Waals surface area contributed by atoms with E-state index in [4.69, 9.17) is 10.7 Å². The highest BCUT2D eigenvalue weighted by molar-refractivity contribution is 5.40. The normalized spacial score (nSPS) is 42.0. The number of aliphatic hydroxyl groups is 1. The van der Waals surface area contributed by atoms with Gasteiger partial charge >= 0.3 is 0 Å². The highest BCUT2D eigenvalue weighted by Gasteiger charge is 2.55. The van der Waals surface area contributed by atoms with Gasteiger partial charge in [-0.15, -0.1) is 0 Å². The summed E-state index contributed by atoms with van der Waals surface area (Å²) >= 11 is 0. The van der Waals surface area contributed by atoms with Crippen molar-refractivity contribution >= 4 is 0 Å². The van der Waals surface area contributed by atoms with Crippen LogP contribution in [0.5, 0.6) is 0 Å². The summed E-state index contributed by atoms with van der Waals surface area (Å²) in [5.74, 6) is 7.80. The number of hydrogen-bond acceptors (Lipinski definition) is 3. The summed E-state index contributed by atoms with van der Waals surface area (Å²) in [6, 6.07) is 6.93. The maximum absolute atomic E-state index is 10.5. The largest absolute Gasteiger partial charge is 0.393 e. The lowest BCUT2D eigenvalue weighted by atomic mass is 9.54. The lowest BCUT2D eigenvalue weighted by molar-refractivity contribution is -0.0283. The molecule has 6 atom stereocenters. The zero-order valence-corrected chi connectivity index (χ0v) is 14.3. The molecule has 0 amide bonds. The molecule has 3 aliphatic carbocycles. The smallest absolute Gasteiger partial charge is 0.0748 e. The first-order valence-electron chi connectivity index (χ1n) is 9.15. The van der Waals surface area contributed by atoms with E-state index >= 15 is 0 Å². The first kappa shape index (κ1) is 15.6. The summed E-state index contributed by atoms with van der Waals surface area (Å²) in [7, 11) is 0. The molecular formula is C20H29NO2. The number of rotatable bonds is 2. The molecule has 126 valence electrons. The minimum absolute atomic E-state index is 0.114. The molecule has 0 aromatic heterocycles. The molecule has 3 heteroatoms. The van der Waals surface area contributed by atoms with Crippen LogP contribution >= 0.6 is 0 Å². The highest BCUT2D eigenvalue weighted by Crippen LogP contribution is 2.62. The van der Waals surface area contributed by atoms with Gasteiger partial charge in [-0.25, -0.2) is 5.90 Å². The maximum Gasteiger partial charge on any atom is 0.0748 e. The molecule has 1 unspecified atom stereocenters. The highest BCUT2D eigenvalue weighted by atomic mass is 16.6. The van der Waals surface area contributed by atoms with E-state index in [1.807, 2.05) is 0 Å². The molecule has 0 bridgehead atoms. The summed E-state index contributed by atoms with van der Waals surface area (Å²) in [4.78, 5) is 5.07. The lowest BCUT2D eigenvalue weighted by Gasteiger charge is -2.51. The van der Waals surface area contributed by atoms with E-state index in [0.717, 1.165) is 19.3 Å². The second-order valence-corrected chi connectivity index (χ2v) is 8.41. The van der Waals surface area contributed by atoms with Gasteiger partial charge in [-0.05, 0) is 73.3 Å². The van der Waals surface area contributed by atoms with Crippen molar-refractivity contribution in [1.82, 2.24) is 0 Å². The SMILES string of the molecule is Cc1ccc2c(c1)[C@H](CON)C[C@@H]1[C@@H]2CC[C@]2(C)C(O)CC[C@H]12. The molecule has 3 aliphatic rings. The first-order chi connectivity index (χ1) is 11.0. The minimum Gasteiger partial charge on any atom is -0.393 e. The van der Waals surface area contributed by atoms with Crippen LogP contribution < -0.4 is 5.90 Å². The van der Waals surface area contributed by atoms with Crippen LogP contribution in [0.2, 0.25) is 0 Å². The van der Waals surface area contributed by atoms with Crippen LogP contribution in [0, 0.1) is 24.2 Å². The van der Waals surface area contributed by atoms with E-state index < -0.39 is 0 Å². The average Bonchev–Trinajstić information content (AvgIpc) is 2.83. The molecule has 0 heterocycles. The van der Waals surface area contributed by atoms with Crippen LogP contribution in [0.1, 0.15) is 67.6 Å². The molecule has 0 saturated heterocycles. The van der Waals surface area contributed by atoms with Crippen molar-refractivity contribution in [3.8, 4) is 0 Å². The number of aryl methyl sites for hydroxylation is 1. The standard InChI is InChI=1S/C20H29NO2/c1-12-3-4-14-15-7-8-20(2)18(5-6-19(20)22)17(15)10-13(11-23-21)16(14)9-12/h3-4,9,13,15,17-19,22H,5-8,10-11,21H2,1-2H3/t13-,15+,17+,18+,19?,20-/m0/s1. The Morgan fingerprint density at radius 3 is 2.87 bits per heavy atom. The van der Waals surface area contributed by atoms with Crippen LogP contribution in [0.3, 0.4) is 0 Å². The topological polar surface area (TPSA) is 55.5 Å². The fourth-order valence-corrected chi connectivity index (χ4v) is 6.09. The van der Waals surface area contributed by atoms with Gasteiger partial charge in [0.2, 0.25) is 0 Å². The van der Waals surface area contributed by atoms with Gasteiger partial charge in [0.1, 0.15) is 0 Å². The Balaban J connectivity index is 1.74. The van der Waals surface area contributed by atoms with Crippen LogP contribution in [-0.2, 0) is 4.84 Å². The number of hydrogen-bond donors (Lipinski definition) is 2. The van der Waals surface area contributed by atoms with Crippen molar-refractivity contribution in [1.29, 1.82) is 0 Å². The molecular weight excluding hydrogens is 286 g/mol. The van der Waals surface area contributed by atoms with Gasteiger partial charge < -0.3 is 9.94 Å². The molecule has 3 nitrogen and oxygen atoms in total. The summed E-state index contributed by atoms with van der Waals surface area (Å²) in [5.41, 5.74) is 4.43. The predicted molar refractivity (Wildman–Crippen MR) is 91.0 cm³/mol. The first-order valence-corrected chi connectivity index (χ1v) is 9.15. The van der Waals surface area contributed by atoms with Crippen molar-refractivity contribution < 1.29 is 9.94 Å². The molecule has 0 radical (unpaired) electrons. The van der Waals surface area contributed by atoms with E-state index in [9.17, 15) is 5.11 Å². The zero-order chi connectivity index (χ0) is 16.2. The zero-order valence-electron chi connectivity index (χ0n) is 14.3. The Kier molecular flexibility index (Phi) is 3.79. The van der Waals surface area contributed by atoms with E-state index in [2.05, 4.69) is 32.0 Å². The summed E-state index contributed by atoms with van der Waals surface area (Å²) in [6.45, 7) is 5.09. The van der Waals surface area contributed by atoms with Crippen molar-refractivity contribution in [2.75, 3.05) is 6.61 Å². The van der Waals surface area contributed by atoms with Crippen molar-refractivity contribution in [2.45, 2.75) is 63.9 Å². The Morgan fingerprint density at radius 1 is 1.26 bits per heavy atom. The van der Waals surface area contributed by atoms with Crippen molar-refractivity contribution in [3.63, 3.8) is 0 Å². The van der Waals surface area contributed by atoms with Crippen LogP contribution in [0.15, 0.2) is 18.2 Å². The second-order valence-electron chi connectivity index (χ2n) is 8.41. The van der Waals surface area contributed by atoms with E-state index in [0.29, 0.717) is 30.3 Å². The van der Waals surface area contributed by atoms with Crippen molar-refractivity contribution in [3.05, 3.63) is 34.9 Å². The third-order valence-electron chi connectivity index (χ3n) is 7.32. The molecule has 23 heavy (non-hydrogen) atoms. The Hall–Kier alpha value is -0.900. The summed E-state index contributed by atoms with van der Waals surface area (Å²) in [6.07, 6.45) is 5.56. The van der Waals surface area contributed by atoms with Gasteiger partial charge in [0, 0.05) is 5.92 Å². The van der Waals surface area contributed by atoms with E-state index in [1.165, 1.54) is 29.5 Å². The molecule has 0 aliphatic heterocycles. The van der Waals surface area contributed by atoms with E-state index in [-0.39, 0.29) is 11.5 Å². The van der Waals surface area contributed by atoms with Gasteiger partial charge in [0.05, 0.1) is 12.7 Å². The van der Waals surface area contributed by atoms with Gasteiger partial charge in [-0.3, -0.25) is 0 Å². The molecule has 1 aromatic carbocycles. The third kappa shape index (κ3) is 2.28. The number of aliphatic hydroxyl groups excluding tert-OH is 1. The predicted octanol–water partition coefficient (Wildman–Crippen LogP) is 3.64. The quantitative estimate of drug-likeness (QED) is 0.819. The van der Waals surface area contributed by atoms with Crippen LogP contribution in [0.4, 0.5) is 0 Å². The molecule has 3 N–H and O–H groups in total. The monoisotopic (exact) mass is 315 g/mol. The second kappa shape index (κ2) is 5.58. The fourth-order valence-electron chi connectivity index (χ4n) is 6.09. The van der Waals surface area contributed by atoms with E-state index in [1.54, 1.807) is 0 Å². The summed E-state index contributed by atoms with van der Waals surface area (Å²) in [5, 5.41) is 10.5. The van der Waals surface area contributed by atoms with Gasteiger partial charge in [-0.1, -0.05) is 30.7 Å². The van der Waals surface area contributed by atoms with Crippen molar-refractivity contribution in [2.24, 2.45) is 23.1 Å². The lowest BCUT2D eigenvalue weighted by Crippen LogP contribution is -2.44. The fraction of sp³-hybridized carbons (Fsp3) is 0.700. The number of fused-ring (bicyclic) bond motifs is 5. The maximum atomic E-state index is 10.5. The summed E-state index contributed by atoms with van der Waals surface area (Å²) < 4.78 is 0. The molecule has 2 fully saturated rings. The minimum atomic E-state index is -0.114. The third-order valence-corrected chi connectivity index (χ3v) is 7.32. The average molecular weight is 315 g/mol. The van der Waals surface area contributed by atoms with Crippen LogP contribution in [0.25, 0.3) is 0 Å². The van der Waals surface area contributed by atoms with Gasteiger partial charge in [-0.2, -0.15) is 0 Å². The Labute approximate surface area is 139 Å². The molecule has 2 saturated carbocycles. The van der Waals surface area contributed by atoms with Gasteiger partial charge in [0.25, 0.3) is 0 Å². The molecule has 0 spiro atoms. The Morgan fingerprint density at radius 2 is 2.09 bits per heavy atom.